The van der Waals surface area contributed by atoms with Crippen molar-refractivity contribution in [1.82, 2.24) is 19.5 Å². The van der Waals surface area contributed by atoms with Crippen LogP contribution < -0.4 is 11.3 Å². The lowest BCUT2D eigenvalue weighted by molar-refractivity contribution is -0.0804. The number of aliphatic hydroxyl groups excluding tert-OH is 2. The molecule has 0 amide bonds. The second-order valence-electron chi connectivity index (χ2n) is 6.67. The highest BCUT2D eigenvalue weighted by molar-refractivity contribution is 7.46. The van der Waals surface area contributed by atoms with Gasteiger partial charge in [-0.25, -0.2) is 9.55 Å². The average Bonchev–Trinajstić information content (AvgIpc) is 3.35. The van der Waals surface area contributed by atoms with Gasteiger partial charge in [0.05, 0.1) is 6.33 Å². The topological polar surface area (TPSA) is 206 Å². The maximum absolute atomic E-state index is 12.0. The number of ether oxygens (including phenoxy) is 1. The minimum absolute atomic E-state index is 0.0128. The van der Waals surface area contributed by atoms with E-state index in [-0.39, 0.29) is 23.5 Å². The van der Waals surface area contributed by atoms with Crippen molar-refractivity contribution in [3.8, 4) is 0 Å². The number of nitrogens with zero attached hydrogens (tertiary/aromatic N) is 3. The van der Waals surface area contributed by atoms with E-state index in [0.717, 1.165) is 4.88 Å². The minimum atomic E-state index is -4.93. The van der Waals surface area contributed by atoms with E-state index in [1.165, 1.54) is 22.2 Å². The Morgan fingerprint density at radius 2 is 2.17 bits per heavy atom. The molecule has 30 heavy (non-hydrogen) atoms. The van der Waals surface area contributed by atoms with Crippen LogP contribution in [0.25, 0.3) is 11.2 Å². The fourth-order valence-corrected chi connectivity index (χ4v) is 4.67. The predicted octanol–water partition coefficient (Wildman–Crippen LogP) is -0.897. The van der Waals surface area contributed by atoms with Crippen LogP contribution in [0.15, 0.2) is 28.6 Å². The third-order valence-electron chi connectivity index (χ3n) is 4.62. The van der Waals surface area contributed by atoms with E-state index in [4.69, 9.17) is 15.0 Å². The van der Waals surface area contributed by atoms with Crippen molar-refractivity contribution in [1.29, 1.82) is 0 Å². The van der Waals surface area contributed by atoms with Gasteiger partial charge in [-0.1, -0.05) is 6.07 Å². The number of aliphatic hydroxyl groups is 2. The molecule has 1 saturated heterocycles. The summed E-state index contributed by atoms with van der Waals surface area (Å²) in [7, 11) is -4.93. The number of rotatable bonds is 6. The lowest BCUT2D eigenvalue weighted by atomic mass is 10.0. The molecule has 1 fully saturated rings. The van der Waals surface area contributed by atoms with Crippen LogP contribution >= 0.6 is 19.2 Å². The predicted molar refractivity (Wildman–Crippen MR) is 103 cm³/mol. The molecular formula is C15H18N5O8PS. The summed E-state index contributed by atoms with van der Waals surface area (Å²) in [5.41, 5.74) is 4.93. The number of fused-ring (bicyclic) bond motifs is 1. The summed E-state index contributed by atoms with van der Waals surface area (Å²) in [6, 6.07) is 3.49. The number of nitrogens with two attached hydrogens (primary N) is 1. The van der Waals surface area contributed by atoms with Crippen LogP contribution in [-0.4, -0.2) is 63.9 Å². The molecule has 15 heteroatoms. The Morgan fingerprint density at radius 3 is 2.83 bits per heavy atom. The molecule has 3 aromatic rings. The number of H-pyrrole nitrogens is 1. The first-order valence-electron chi connectivity index (χ1n) is 8.64. The molecule has 0 bridgehead atoms. The minimum Gasteiger partial charge on any atom is -0.387 e. The third-order valence-corrected chi connectivity index (χ3v) is 6.07. The number of aromatic nitrogens is 4. The summed E-state index contributed by atoms with van der Waals surface area (Å²) in [4.78, 5) is 41.5. The van der Waals surface area contributed by atoms with Crippen molar-refractivity contribution in [3.05, 3.63) is 39.1 Å². The molecule has 0 saturated carbocycles. The Balaban J connectivity index is 1.67. The van der Waals surface area contributed by atoms with Gasteiger partial charge in [-0.05, 0) is 11.4 Å². The van der Waals surface area contributed by atoms with Gasteiger partial charge in [-0.15, -0.1) is 11.3 Å². The van der Waals surface area contributed by atoms with Crippen molar-refractivity contribution in [2.45, 2.75) is 37.1 Å². The summed E-state index contributed by atoms with van der Waals surface area (Å²) >= 11 is 1.33. The Labute approximate surface area is 172 Å². The first-order valence-corrected chi connectivity index (χ1v) is 11.1. The smallest absolute Gasteiger partial charge is 0.387 e. The van der Waals surface area contributed by atoms with E-state index >= 15 is 0 Å². The zero-order valence-corrected chi connectivity index (χ0v) is 16.8. The second-order valence-corrected chi connectivity index (χ2v) is 8.89. The Bertz CT molecular complexity index is 1140. The summed E-state index contributed by atoms with van der Waals surface area (Å²) in [6.45, 7) is 0. The number of hydrogen-bond acceptors (Lipinski definition) is 10. The number of phosphoric ester groups is 1. The van der Waals surface area contributed by atoms with Crippen LogP contribution in [0.3, 0.4) is 0 Å². The monoisotopic (exact) mass is 459 g/mol. The van der Waals surface area contributed by atoms with Crippen molar-refractivity contribution >= 4 is 36.3 Å². The molecule has 1 unspecified atom stereocenters. The second kappa shape index (κ2) is 7.83. The molecule has 0 aliphatic carbocycles. The molecule has 0 radical (unpaired) electrons. The number of imidazole rings is 1. The van der Waals surface area contributed by atoms with Gasteiger partial charge < -0.3 is 30.5 Å². The molecule has 0 aromatic carbocycles. The Hall–Kier alpha value is -2.16. The van der Waals surface area contributed by atoms with Crippen LogP contribution in [0.5, 0.6) is 0 Å². The first-order chi connectivity index (χ1) is 14.1. The number of anilines is 1. The lowest BCUT2D eigenvalue weighted by Crippen LogP contribution is -2.40. The number of nitrogen functional groups attached to an aromatic ring is 1. The average molecular weight is 459 g/mol. The van der Waals surface area contributed by atoms with E-state index in [2.05, 4.69) is 15.0 Å². The van der Waals surface area contributed by atoms with Crippen LogP contribution in [-0.2, 0) is 20.2 Å². The molecule has 4 rings (SSSR count). The number of hydrogen-bond donors (Lipinski definition) is 6. The quantitative estimate of drug-likeness (QED) is 0.249. The van der Waals surface area contributed by atoms with E-state index in [0.29, 0.717) is 0 Å². The van der Waals surface area contributed by atoms with Gasteiger partial charge in [-0.3, -0.25) is 18.9 Å². The van der Waals surface area contributed by atoms with Gasteiger partial charge in [-0.2, -0.15) is 4.98 Å². The van der Waals surface area contributed by atoms with E-state index in [1.807, 2.05) is 0 Å². The summed E-state index contributed by atoms with van der Waals surface area (Å²) in [5.74, 6) is -0.181. The molecule has 1 aliphatic rings. The molecule has 3 aromatic heterocycles. The van der Waals surface area contributed by atoms with Gasteiger partial charge in [0, 0.05) is 11.3 Å². The molecule has 1 aliphatic heterocycles. The molecular weight excluding hydrogens is 441 g/mol. The van der Waals surface area contributed by atoms with Gasteiger partial charge in [0.15, 0.2) is 17.4 Å². The zero-order chi connectivity index (χ0) is 21.6. The molecule has 7 N–H and O–H groups in total. The fraction of sp³-hybridized carbons (Fsp3) is 0.400. The Kier molecular flexibility index (Phi) is 5.50. The summed E-state index contributed by atoms with van der Waals surface area (Å²) in [5, 5.41) is 22.9. The maximum Gasteiger partial charge on any atom is 0.469 e. The first kappa shape index (κ1) is 21.1. The molecule has 4 heterocycles. The van der Waals surface area contributed by atoms with E-state index in [9.17, 15) is 29.4 Å². The van der Waals surface area contributed by atoms with E-state index < -0.39 is 44.0 Å². The van der Waals surface area contributed by atoms with E-state index in [1.54, 1.807) is 17.5 Å². The summed E-state index contributed by atoms with van der Waals surface area (Å²) < 4.78 is 23.3. The fourth-order valence-electron chi connectivity index (χ4n) is 3.37. The third kappa shape index (κ3) is 4.04. The number of thiophene rings is 1. The highest BCUT2D eigenvalue weighted by atomic mass is 32.1. The highest BCUT2D eigenvalue weighted by Gasteiger charge is 2.49. The van der Waals surface area contributed by atoms with Gasteiger partial charge in [0.2, 0.25) is 5.95 Å². The van der Waals surface area contributed by atoms with Crippen molar-refractivity contribution in [2.24, 2.45) is 0 Å². The number of phosphoric acid groups is 1. The normalized spacial score (nSPS) is 25.7. The standard InChI is InChI=1S/C15H18N5O8PS/c16-15-18-12-8(13(23)19-15)17-5-20(12)14-10(22)9(21)11(27-14)7(28-29(24,25)26)4-6-2-1-3-30-6/h1-3,5,7,9-11,14,21-22H,4H2,(H2,24,25,26)(H3,16,18,19,23)/t7?,9-,10+,11+,14+/m0/s1. The maximum atomic E-state index is 12.0. The SMILES string of the molecule is Nc1nc2c(ncn2[C@@H]2O[C@H](C(Cc3cccs3)OP(=O)(O)O)[C@@H](O)[C@H]2O)c(=O)[nH]1. The number of aromatic amines is 1. The zero-order valence-electron chi connectivity index (χ0n) is 15.1. The largest absolute Gasteiger partial charge is 0.469 e. The lowest BCUT2D eigenvalue weighted by Gasteiger charge is -2.25. The van der Waals surface area contributed by atoms with Gasteiger partial charge >= 0.3 is 7.82 Å². The van der Waals surface area contributed by atoms with Crippen molar-refractivity contribution in [2.75, 3.05) is 5.73 Å². The molecule has 13 nitrogen and oxygen atoms in total. The van der Waals surface area contributed by atoms with Crippen LogP contribution in [0.2, 0.25) is 0 Å². The Morgan fingerprint density at radius 1 is 1.40 bits per heavy atom. The van der Waals surface area contributed by atoms with Crippen LogP contribution in [0.1, 0.15) is 11.1 Å². The van der Waals surface area contributed by atoms with Crippen molar-refractivity contribution < 1.29 is 33.8 Å². The van der Waals surface area contributed by atoms with Crippen LogP contribution in [0.4, 0.5) is 5.95 Å². The van der Waals surface area contributed by atoms with Crippen molar-refractivity contribution in [3.63, 3.8) is 0 Å². The van der Waals surface area contributed by atoms with Crippen LogP contribution in [0, 0.1) is 0 Å². The molecule has 5 atom stereocenters. The summed E-state index contributed by atoms with van der Waals surface area (Å²) in [6.07, 6.45) is -5.68. The highest BCUT2D eigenvalue weighted by Crippen LogP contribution is 2.43. The molecule has 0 spiro atoms. The molecule has 162 valence electrons. The van der Waals surface area contributed by atoms with Gasteiger partial charge in [0.1, 0.15) is 24.4 Å². The number of nitrogens with one attached hydrogen (secondary N) is 1. The van der Waals surface area contributed by atoms with Gasteiger partial charge in [0.25, 0.3) is 5.56 Å².